The molecule has 0 bridgehead atoms. The summed E-state index contributed by atoms with van der Waals surface area (Å²) in [5.74, 6) is 6.05. The average molecular weight is 117 g/mol. The minimum Gasteiger partial charge on any atom is -0.437 e. The van der Waals surface area contributed by atoms with Gasteiger partial charge in [-0.1, -0.05) is 13.8 Å². The molecule has 8 heavy (non-hydrogen) atoms. The molecule has 0 amide bonds. The van der Waals surface area contributed by atoms with Gasteiger partial charge in [0.15, 0.2) is 0 Å². The molecule has 0 spiro atoms. The van der Waals surface area contributed by atoms with Gasteiger partial charge in [-0.25, -0.2) is 0 Å². The molecule has 50 valence electrons. The van der Waals surface area contributed by atoms with Crippen molar-refractivity contribution in [3.63, 3.8) is 0 Å². The SMILES string of the molecule is C[N-][NH+](N)CC(C)C. The minimum absolute atomic E-state index is 0.624. The Kier molecular flexibility index (Phi) is 3.77. The highest BCUT2D eigenvalue weighted by molar-refractivity contribution is 4.42. The van der Waals surface area contributed by atoms with Crippen molar-refractivity contribution in [1.82, 2.24) is 0 Å². The highest BCUT2D eigenvalue weighted by atomic mass is 15.7. The van der Waals surface area contributed by atoms with Crippen molar-refractivity contribution in [2.24, 2.45) is 11.8 Å². The molecule has 0 aromatic carbocycles. The molecule has 0 aromatic heterocycles. The Morgan fingerprint density at radius 3 is 2.25 bits per heavy atom. The zero-order valence-electron chi connectivity index (χ0n) is 5.81. The first-order valence-electron chi connectivity index (χ1n) is 2.88. The smallest absolute Gasteiger partial charge is 0.0877 e. The largest absolute Gasteiger partial charge is 0.437 e. The van der Waals surface area contributed by atoms with Gasteiger partial charge in [-0.2, -0.15) is 5.84 Å². The molecule has 0 saturated carbocycles. The van der Waals surface area contributed by atoms with E-state index < -0.39 is 0 Å². The maximum absolute atomic E-state index is 5.42. The summed E-state index contributed by atoms with van der Waals surface area (Å²) in [5.41, 5.74) is 3.82. The van der Waals surface area contributed by atoms with Crippen LogP contribution in [0.2, 0.25) is 0 Å². The van der Waals surface area contributed by atoms with Crippen LogP contribution in [0.15, 0.2) is 0 Å². The zero-order valence-corrected chi connectivity index (χ0v) is 5.81. The molecule has 0 rings (SSSR count). The van der Waals surface area contributed by atoms with Crippen LogP contribution in [-0.2, 0) is 0 Å². The fraction of sp³-hybridized carbons (Fsp3) is 1.00. The van der Waals surface area contributed by atoms with E-state index in [-0.39, 0.29) is 0 Å². The third-order valence-electron chi connectivity index (χ3n) is 0.905. The maximum Gasteiger partial charge on any atom is 0.0877 e. The maximum atomic E-state index is 5.42. The van der Waals surface area contributed by atoms with Gasteiger partial charge in [-0.3, -0.25) is 0 Å². The average Bonchev–Trinajstić information content (AvgIpc) is 1.65. The number of rotatable bonds is 3. The van der Waals surface area contributed by atoms with E-state index in [1.165, 1.54) is 0 Å². The van der Waals surface area contributed by atoms with Crippen molar-refractivity contribution in [2.75, 3.05) is 13.6 Å². The van der Waals surface area contributed by atoms with Gasteiger partial charge < -0.3 is 10.5 Å². The quantitative estimate of drug-likeness (QED) is 0.373. The second-order valence-electron chi connectivity index (χ2n) is 2.31. The van der Waals surface area contributed by atoms with Gasteiger partial charge in [-0.15, -0.1) is 7.05 Å². The van der Waals surface area contributed by atoms with Crippen LogP contribution in [-0.4, -0.2) is 13.6 Å². The van der Waals surface area contributed by atoms with Gasteiger partial charge >= 0.3 is 0 Å². The Hall–Kier alpha value is -0.120. The summed E-state index contributed by atoms with van der Waals surface area (Å²) < 4.78 is 0. The standard InChI is InChI=1S/C5H15N3/c1-5(2)4-8(6)7-3/h5,8H,4,6H2,1-3H3. The second-order valence-corrected chi connectivity index (χ2v) is 2.31. The van der Waals surface area contributed by atoms with Crippen molar-refractivity contribution >= 4 is 0 Å². The van der Waals surface area contributed by atoms with Crippen LogP contribution in [0.4, 0.5) is 0 Å². The number of hydrogen-bond donors (Lipinski definition) is 2. The van der Waals surface area contributed by atoms with Crippen molar-refractivity contribution in [1.29, 1.82) is 0 Å². The number of nitrogens with one attached hydrogen (secondary N) is 1. The first-order chi connectivity index (χ1) is 3.66. The number of hydrogen-bond acceptors (Lipinski definition) is 1. The molecule has 0 heterocycles. The molecule has 0 aliphatic carbocycles. The molecular formula is C5H15N3. The van der Waals surface area contributed by atoms with Gasteiger partial charge in [0.05, 0.1) is 6.54 Å². The molecule has 3 N–H and O–H groups in total. The van der Waals surface area contributed by atoms with E-state index in [2.05, 4.69) is 19.3 Å². The molecule has 0 saturated heterocycles. The number of nitrogens with two attached hydrogens (primary N) is 1. The van der Waals surface area contributed by atoms with Gasteiger partial charge in [0.1, 0.15) is 0 Å². The summed E-state index contributed by atoms with van der Waals surface area (Å²) in [6, 6.07) is 0. The Balaban J connectivity index is 3.10. The van der Waals surface area contributed by atoms with Crippen LogP contribution in [0.25, 0.3) is 5.43 Å². The Bertz CT molecular complexity index is 53.6. The van der Waals surface area contributed by atoms with E-state index >= 15 is 0 Å². The summed E-state index contributed by atoms with van der Waals surface area (Å²) >= 11 is 0. The fourth-order valence-electron chi connectivity index (χ4n) is 0.510. The predicted octanol–water partition coefficient (Wildman–Crippen LogP) is -0.680. The van der Waals surface area contributed by atoms with Gasteiger partial charge in [0.25, 0.3) is 0 Å². The zero-order chi connectivity index (χ0) is 6.57. The van der Waals surface area contributed by atoms with Crippen molar-refractivity contribution in [3.05, 3.63) is 5.43 Å². The topological polar surface area (TPSA) is 44.6 Å². The molecule has 3 heteroatoms. The van der Waals surface area contributed by atoms with Crippen molar-refractivity contribution < 1.29 is 5.12 Å². The number of nitrogens with zero attached hydrogens (tertiary/aromatic N) is 1. The highest BCUT2D eigenvalue weighted by Crippen LogP contribution is 1.82. The second kappa shape index (κ2) is 3.83. The van der Waals surface area contributed by atoms with Gasteiger partial charge in [0, 0.05) is 5.92 Å². The molecule has 3 nitrogen and oxygen atoms in total. The molecular weight excluding hydrogens is 102 g/mol. The van der Waals surface area contributed by atoms with Crippen molar-refractivity contribution in [2.45, 2.75) is 13.8 Å². The van der Waals surface area contributed by atoms with Crippen LogP contribution in [0.3, 0.4) is 0 Å². The van der Waals surface area contributed by atoms with E-state index in [1.807, 2.05) is 0 Å². The highest BCUT2D eigenvalue weighted by Gasteiger charge is 1.94. The number of quaternary nitrogens is 1. The van der Waals surface area contributed by atoms with Crippen LogP contribution in [0.1, 0.15) is 13.8 Å². The summed E-state index contributed by atoms with van der Waals surface area (Å²) in [6.45, 7) is 5.16. The lowest BCUT2D eigenvalue weighted by Crippen LogP contribution is -3.14. The summed E-state index contributed by atoms with van der Waals surface area (Å²) in [4.78, 5) is 0. The van der Waals surface area contributed by atoms with Crippen LogP contribution in [0.5, 0.6) is 0 Å². The molecule has 0 fully saturated rings. The van der Waals surface area contributed by atoms with Gasteiger partial charge in [-0.05, 0) is 0 Å². The van der Waals surface area contributed by atoms with E-state index in [4.69, 9.17) is 5.84 Å². The summed E-state index contributed by atoms with van der Waals surface area (Å²) in [5, 5.41) is 0.750. The summed E-state index contributed by atoms with van der Waals surface area (Å²) in [6.07, 6.45) is 0. The van der Waals surface area contributed by atoms with E-state index in [0.717, 1.165) is 11.7 Å². The Morgan fingerprint density at radius 1 is 1.62 bits per heavy atom. The molecule has 1 atom stereocenters. The van der Waals surface area contributed by atoms with Gasteiger partial charge in [0.2, 0.25) is 0 Å². The van der Waals surface area contributed by atoms with Crippen LogP contribution in [0, 0.1) is 5.92 Å². The molecule has 0 aliphatic rings. The van der Waals surface area contributed by atoms with E-state index in [1.54, 1.807) is 7.05 Å². The van der Waals surface area contributed by atoms with Crippen LogP contribution >= 0.6 is 0 Å². The monoisotopic (exact) mass is 117 g/mol. The molecule has 0 radical (unpaired) electrons. The normalized spacial score (nSPS) is 14.6. The fourth-order valence-corrected chi connectivity index (χ4v) is 0.510. The molecule has 0 aliphatic heterocycles. The Labute approximate surface area is 50.8 Å². The first-order valence-corrected chi connectivity index (χ1v) is 2.88. The lowest BCUT2D eigenvalue weighted by molar-refractivity contribution is -0.877. The third kappa shape index (κ3) is 4.05. The molecule has 1 unspecified atom stereocenters. The minimum atomic E-state index is 0.624. The first kappa shape index (κ1) is 7.88. The van der Waals surface area contributed by atoms with E-state index in [0.29, 0.717) is 5.92 Å². The van der Waals surface area contributed by atoms with E-state index in [9.17, 15) is 0 Å². The lowest BCUT2D eigenvalue weighted by atomic mass is 10.2. The van der Waals surface area contributed by atoms with Crippen LogP contribution < -0.4 is 11.0 Å². The lowest BCUT2D eigenvalue weighted by Gasteiger charge is -2.22. The Morgan fingerprint density at radius 2 is 2.12 bits per heavy atom. The summed E-state index contributed by atoms with van der Waals surface area (Å²) in [7, 11) is 1.72. The predicted molar refractivity (Wildman–Crippen MR) is 34.1 cm³/mol. The molecule has 0 aromatic rings. The van der Waals surface area contributed by atoms with Crippen molar-refractivity contribution in [3.8, 4) is 0 Å². The third-order valence-corrected chi connectivity index (χ3v) is 0.905.